The van der Waals surface area contributed by atoms with Crippen molar-refractivity contribution >= 4 is 38.2 Å². The van der Waals surface area contributed by atoms with Crippen molar-refractivity contribution in [3.8, 4) is 5.75 Å². The SMILES string of the molecule is Cc1cccc(C=Nc2ccccc2)c1O.[Br][Ti][Br]. The van der Waals surface area contributed by atoms with Crippen LogP contribution in [0.2, 0.25) is 0 Å². The van der Waals surface area contributed by atoms with Crippen molar-refractivity contribution in [1.82, 2.24) is 0 Å². The number of halogens is 2. The first-order valence-corrected chi connectivity index (χ1v) is 13.2. The number of aromatic hydroxyl groups is 1. The van der Waals surface area contributed by atoms with Crippen LogP contribution in [-0.4, -0.2) is 11.3 Å². The molecule has 0 aromatic heterocycles. The van der Waals surface area contributed by atoms with E-state index in [1.165, 1.54) is 0 Å². The molecule has 5 heteroatoms. The molecule has 98 valence electrons. The van der Waals surface area contributed by atoms with Crippen LogP contribution in [0.25, 0.3) is 0 Å². The zero-order valence-electron chi connectivity index (χ0n) is 10.3. The summed E-state index contributed by atoms with van der Waals surface area (Å²) in [5, 5.41) is 9.78. The summed E-state index contributed by atoms with van der Waals surface area (Å²) in [6.45, 7) is 1.87. The molecule has 0 fully saturated rings. The van der Waals surface area contributed by atoms with Crippen LogP contribution in [0.1, 0.15) is 11.1 Å². The van der Waals surface area contributed by atoms with Gasteiger partial charge in [0.1, 0.15) is 5.75 Å². The van der Waals surface area contributed by atoms with Gasteiger partial charge in [-0.15, -0.1) is 0 Å². The van der Waals surface area contributed by atoms with E-state index in [1.807, 2.05) is 55.5 Å². The van der Waals surface area contributed by atoms with Crippen LogP contribution in [0, 0.1) is 6.92 Å². The molecule has 0 saturated carbocycles. The number of hydrogen-bond donors (Lipinski definition) is 1. The van der Waals surface area contributed by atoms with Gasteiger partial charge in [0.25, 0.3) is 0 Å². The molecule has 1 N–H and O–H groups in total. The van der Waals surface area contributed by atoms with Crippen LogP contribution >= 0.6 is 26.3 Å². The topological polar surface area (TPSA) is 32.6 Å². The van der Waals surface area contributed by atoms with Crippen molar-refractivity contribution in [1.29, 1.82) is 0 Å². The predicted molar refractivity (Wildman–Crippen MR) is 84.4 cm³/mol. The molecule has 2 rings (SSSR count). The van der Waals surface area contributed by atoms with E-state index in [4.69, 9.17) is 0 Å². The summed E-state index contributed by atoms with van der Waals surface area (Å²) in [6.07, 6.45) is 1.68. The normalized spacial score (nSPS) is 9.84. The number of para-hydroxylation sites is 2. The minimum atomic E-state index is 0.125. The van der Waals surface area contributed by atoms with E-state index in [2.05, 4.69) is 31.3 Å². The van der Waals surface area contributed by atoms with Crippen molar-refractivity contribution in [2.24, 2.45) is 4.99 Å². The maximum absolute atomic E-state index is 9.78. The molecule has 0 saturated heterocycles. The summed E-state index contributed by atoms with van der Waals surface area (Å²) in [5.41, 5.74) is 2.48. The van der Waals surface area contributed by atoms with Crippen LogP contribution in [0.15, 0.2) is 53.5 Å². The molecule has 2 aromatic carbocycles. The van der Waals surface area contributed by atoms with Gasteiger partial charge in [-0.25, -0.2) is 0 Å². The molecule has 0 aliphatic rings. The molecule has 0 atom stereocenters. The molecule has 2 nitrogen and oxygen atoms in total. The fourth-order valence-corrected chi connectivity index (χ4v) is 1.44. The van der Waals surface area contributed by atoms with Gasteiger partial charge in [-0.2, -0.15) is 0 Å². The van der Waals surface area contributed by atoms with Crippen LogP contribution in [0.5, 0.6) is 5.75 Å². The first kappa shape index (κ1) is 16.6. The van der Waals surface area contributed by atoms with E-state index in [0.29, 0.717) is 5.75 Å². The van der Waals surface area contributed by atoms with Gasteiger partial charge in [0, 0.05) is 11.8 Å². The van der Waals surface area contributed by atoms with Gasteiger partial charge < -0.3 is 5.11 Å². The summed E-state index contributed by atoms with van der Waals surface area (Å²) >= 11 is 6.50. The summed E-state index contributed by atoms with van der Waals surface area (Å²) in [5.74, 6) is 0.294. The van der Waals surface area contributed by atoms with E-state index in [-0.39, 0.29) is 15.0 Å². The van der Waals surface area contributed by atoms with E-state index in [0.717, 1.165) is 16.8 Å². The second-order valence-electron chi connectivity index (χ2n) is 3.68. The third kappa shape index (κ3) is 6.04. The molecule has 0 aliphatic heterocycles. The van der Waals surface area contributed by atoms with Crippen LogP contribution in [0.3, 0.4) is 0 Å². The monoisotopic (exact) mass is 417 g/mol. The van der Waals surface area contributed by atoms with Gasteiger partial charge in [0.05, 0.1) is 5.69 Å². The Morgan fingerprint density at radius 2 is 1.68 bits per heavy atom. The Morgan fingerprint density at radius 3 is 2.32 bits per heavy atom. The predicted octanol–water partition coefficient (Wildman–Crippen LogP) is 5.14. The van der Waals surface area contributed by atoms with Gasteiger partial charge >= 0.3 is 41.3 Å². The first-order valence-electron chi connectivity index (χ1n) is 5.53. The van der Waals surface area contributed by atoms with Gasteiger partial charge in [-0.1, -0.05) is 30.3 Å². The number of phenols is 1. The molecule has 2 aromatic rings. The zero-order valence-corrected chi connectivity index (χ0v) is 15.1. The number of hydrogen-bond acceptors (Lipinski definition) is 2. The van der Waals surface area contributed by atoms with Crippen LogP contribution < -0.4 is 0 Å². The second kappa shape index (κ2) is 9.48. The number of phenolic OH excluding ortho intramolecular Hbond substituents is 1. The summed E-state index contributed by atoms with van der Waals surface area (Å²) in [4.78, 5) is 4.29. The second-order valence-corrected chi connectivity index (χ2v) is 11.6. The Hall–Kier alpha value is -0.416. The number of rotatable bonds is 2. The molecule has 0 heterocycles. The van der Waals surface area contributed by atoms with E-state index >= 15 is 0 Å². The number of aryl methyl sites for hydroxylation is 1. The molecular formula is C14H13Br2NOTi. The van der Waals surface area contributed by atoms with E-state index < -0.39 is 0 Å². The number of nitrogens with zero attached hydrogens (tertiary/aromatic N) is 1. The molecule has 0 amide bonds. The summed E-state index contributed by atoms with van der Waals surface area (Å²) < 4.78 is 0. The van der Waals surface area contributed by atoms with Crippen molar-refractivity contribution in [3.63, 3.8) is 0 Å². The molecule has 0 bridgehead atoms. The molecule has 0 radical (unpaired) electrons. The third-order valence-corrected chi connectivity index (χ3v) is 2.38. The minimum absolute atomic E-state index is 0.125. The standard InChI is InChI=1S/C14H13NO.2BrH.Ti/c1-11-6-5-7-12(14(11)16)10-15-13-8-3-2-4-9-13;;;/h2-10,16H,1H3;2*1H;/q;;;+2/p-2. The maximum atomic E-state index is 9.78. The summed E-state index contributed by atoms with van der Waals surface area (Å²) in [7, 11) is 0. The third-order valence-electron chi connectivity index (χ3n) is 2.38. The zero-order chi connectivity index (χ0) is 14.1. The molecule has 0 spiro atoms. The van der Waals surface area contributed by atoms with E-state index in [1.54, 1.807) is 6.21 Å². The average Bonchev–Trinajstić information content (AvgIpc) is 2.43. The number of aliphatic imine (C=N–C) groups is 1. The Balaban J connectivity index is 0.000000550. The van der Waals surface area contributed by atoms with Crippen LogP contribution in [0.4, 0.5) is 5.69 Å². The summed E-state index contributed by atoms with van der Waals surface area (Å²) in [6, 6.07) is 15.3. The molecule has 0 unspecified atom stereocenters. The molecule has 19 heavy (non-hydrogen) atoms. The van der Waals surface area contributed by atoms with Gasteiger partial charge in [0.2, 0.25) is 0 Å². The quantitative estimate of drug-likeness (QED) is 0.531. The van der Waals surface area contributed by atoms with Crippen molar-refractivity contribution in [2.45, 2.75) is 6.92 Å². The van der Waals surface area contributed by atoms with Gasteiger partial charge in [-0.05, 0) is 30.7 Å². The average molecular weight is 419 g/mol. The first-order chi connectivity index (χ1) is 9.19. The van der Waals surface area contributed by atoms with Gasteiger partial charge in [0.15, 0.2) is 0 Å². The fourth-order valence-electron chi connectivity index (χ4n) is 1.44. The van der Waals surface area contributed by atoms with Crippen LogP contribution in [-0.2, 0) is 15.0 Å². The van der Waals surface area contributed by atoms with Gasteiger partial charge in [-0.3, -0.25) is 4.99 Å². The Labute approximate surface area is 135 Å². The number of benzene rings is 2. The fraction of sp³-hybridized carbons (Fsp3) is 0.0714. The Bertz CT molecular complexity index is 532. The van der Waals surface area contributed by atoms with Crippen molar-refractivity contribution in [2.75, 3.05) is 0 Å². The Kier molecular flexibility index (Phi) is 8.30. The molecule has 0 aliphatic carbocycles. The van der Waals surface area contributed by atoms with E-state index in [9.17, 15) is 5.11 Å². The van der Waals surface area contributed by atoms with Crippen molar-refractivity contribution in [3.05, 3.63) is 59.7 Å². The Morgan fingerprint density at radius 1 is 1.05 bits per heavy atom. The van der Waals surface area contributed by atoms with Crippen molar-refractivity contribution < 1.29 is 20.1 Å². The molecular weight excluding hydrogens is 406 g/mol.